The lowest BCUT2D eigenvalue weighted by Crippen LogP contribution is -2.21. The van der Waals surface area contributed by atoms with Gasteiger partial charge in [-0.15, -0.1) is 0 Å². The second-order valence-electron chi connectivity index (χ2n) is 5.57. The summed E-state index contributed by atoms with van der Waals surface area (Å²) in [7, 11) is 0. The molecule has 0 amide bonds. The lowest BCUT2D eigenvalue weighted by molar-refractivity contribution is -0.384. The maximum absolute atomic E-state index is 12.1. The molecule has 0 aliphatic heterocycles. The van der Waals surface area contributed by atoms with Crippen LogP contribution in [0.5, 0.6) is 0 Å². The van der Waals surface area contributed by atoms with Gasteiger partial charge in [0, 0.05) is 25.0 Å². The fourth-order valence-electron chi connectivity index (χ4n) is 2.46. The van der Waals surface area contributed by atoms with Crippen molar-refractivity contribution < 1.29 is 19.6 Å². The Labute approximate surface area is 138 Å². The van der Waals surface area contributed by atoms with Crippen LogP contribution in [-0.2, 0) is 22.4 Å². The first-order valence-corrected chi connectivity index (χ1v) is 7.47. The first kappa shape index (κ1) is 17.3. The Bertz CT molecular complexity index is 725. The fourth-order valence-corrected chi connectivity index (χ4v) is 2.46. The van der Waals surface area contributed by atoms with E-state index in [0.29, 0.717) is 12.0 Å². The third kappa shape index (κ3) is 5.01. The minimum atomic E-state index is -1.00. The number of Topliss-reactive ketones (excluding diaryl/α,β-unsaturated/α-hetero) is 1. The van der Waals surface area contributed by atoms with Gasteiger partial charge in [-0.25, -0.2) is 0 Å². The second-order valence-corrected chi connectivity index (χ2v) is 5.57. The predicted octanol–water partition coefficient (Wildman–Crippen LogP) is 3.04. The molecular weight excluding hydrogens is 310 g/mol. The zero-order valence-corrected chi connectivity index (χ0v) is 12.9. The van der Waals surface area contributed by atoms with E-state index in [1.54, 1.807) is 0 Å². The first-order chi connectivity index (χ1) is 11.5. The van der Waals surface area contributed by atoms with Crippen LogP contribution in [0.25, 0.3) is 0 Å². The topological polar surface area (TPSA) is 97.5 Å². The summed E-state index contributed by atoms with van der Waals surface area (Å²) in [5.41, 5.74) is 1.46. The molecule has 6 heteroatoms. The van der Waals surface area contributed by atoms with E-state index in [-0.39, 0.29) is 24.3 Å². The normalized spacial score (nSPS) is 11.7. The highest BCUT2D eigenvalue weighted by Gasteiger charge is 2.21. The van der Waals surface area contributed by atoms with Crippen molar-refractivity contribution in [2.24, 2.45) is 5.92 Å². The van der Waals surface area contributed by atoms with E-state index in [1.165, 1.54) is 24.3 Å². The molecule has 0 aromatic heterocycles. The van der Waals surface area contributed by atoms with Crippen molar-refractivity contribution in [2.75, 3.05) is 0 Å². The number of carbonyl (C=O) groups is 2. The molecule has 2 rings (SSSR count). The van der Waals surface area contributed by atoms with Crippen molar-refractivity contribution in [3.63, 3.8) is 0 Å². The Hall–Kier alpha value is -3.02. The van der Waals surface area contributed by atoms with Gasteiger partial charge in [0.1, 0.15) is 5.78 Å². The number of hydrogen-bond donors (Lipinski definition) is 1. The summed E-state index contributed by atoms with van der Waals surface area (Å²) < 4.78 is 0. The molecule has 2 aromatic rings. The number of ketones is 1. The van der Waals surface area contributed by atoms with Crippen LogP contribution in [0, 0.1) is 16.0 Å². The number of benzene rings is 2. The molecule has 1 N–H and O–H groups in total. The van der Waals surface area contributed by atoms with Crippen LogP contribution in [-0.4, -0.2) is 21.8 Å². The van der Waals surface area contributed by atoms with Gasteiger partial charge in [-0.3, -0.25) is 19.7 Å². The van der Waals surface area contributed by atoms with Crippen LogP contribution in [0.2, 0.25) is 0 Å². The van der Waals surface area contributed by atoms with Crippen molar-refractivity contribution in [3.05, 3.63) is 75.8 Å². The highest BCUT2D eigenvalue weighted by molar-refractivity contribution is 5.85. The highest BCUT2D eigenvalue weighted by atomic mass is 16.6. The number of nitrogens with zero attached hydrogens (tertiary/aromatic N) is 1. The van der Waals surface area contributed by atoms with E-state index >= 15 is 0 Å². The Balaban J connectivity index is 1.97. The average molecular weight is 327 g/mol. The number of nitro benzene ring substituents is 1. The highest BCUT2D eigenvalue weighted by Crippen LogP contribution is 2.17. The number of non-ortho nitro benzene ring substituents is 1. The number of aliphatic carboxylic acids is 1. The third-order valence-electron chi connectivity index (χ3n) is 3.70. The summed E-state index contributed by atoms with van der Waals surface area (Å²) in [6, 6.07) is 14.9. The molecule has 1 atom stereocenters. The van der Waals surface area contributed by atoms with Crippen LogP contribution >= 0.6 is 0 Å². The zero-order valence-electron chi connectivity index (χ0n) is 12.9. The Morgan fingerprint density at radius 3 is 2.17 bits per heavy atom. The Morgan fingerprint density at radius 2 is 1.62 bits per heavy atom. The Morgan fingerprint density at radius 1 is 1.00 bits per heavy atom. The van der Waals surface area contributed by atoms with Gasteiger partial charge in [-0.05, 0) is 17.5 Å². The molecule has 0 heterocycles. The zero-order chi connectivity index (χ0) is 17.5. The van der Waals surface area contributed by atoms with Crippen LogP contribution in [0.15, 0.2) is 54.6 Å². The molecule has 0 fully saturated rings. The van der Waals surface area contributed by atoms with Crippen molar-refractivity contribution >= 4 is 17.4 Å². The average Bonchev–Trinajstić information content (AvgIpc) is 2.55. The molecule has 0 radical (unpaired) electrons. The third-order valence-corrected chi connectivity index (χ3v) is 3.70. The lowest BCUT2D eigenvalue weighted by Gasteiger charge is -2.11. The number of rotatable bonds is 8. The molecule has 1 unspecified atom stereocenters. The second kappa shape index (κ2) is 8.01. The smallest absolute Gasteiger partial charge is 0.307 e. The van der Waals surface area contributed by atoms with E-state index in [4.69, 9.17) is 0 Å². The van der Waals surface area contributed by atoms with E-state index in [1.807, 2.05) is 30.3 Å². The minimum Gasteiger partial charge on any atom is -0.481 e. The molecule has 0 aliphatic rings. The SMILES string of the molecule is O=C(Cc1ccc([N+](=O)[O-])cc1)CC(Cc1ccccc1)C(=O)O. The van der Waals surface area contributed by atoms with Gasteiger partial charge in [0.15, 0.2) is 0 Å². The molecule has 6 nitrogen and oxygen atoms in total. The number of hydrogen-bond acceptors (Lipinski definition) is 4. The Kier molecular flexibility index (Phi) is 5.78. The van der Waals surface area contributed by atoms with Gasteiger partial charge < -0.3 is 5.11 Å². The van der Waals surface area contributed by atoms with Crippen molar-refractivity contribution in [1.82, 2.24) is 0 Å². The number of carbonyl (C=O) groups excluding carboxylic acids is 1. The quantitative estimate of drug-likeness (QED) is 0.593. The maximum Gasteiger partial charge on any atom is 0.307 e. The largest absolute Gasteiger partial charge is 0.481 e. The minimum absolute atomic E-state index is 0.0429. The fraction of sp³-hybridized carbons (Fsp3) is 0.222. The molecule has 2 aromatic carbocycles. The lowest BCUT2D eigenvalue weighted by atomic mass is 9.92. The summed E-state index contributed by atoms with van der Waals surface area (Å²) in [5, 5.41) is 19.9. The summed E-state index contributed by atoms with van der Waals surface area (Å²) in [6.45, 7) is 0. The molecular formula is C18H17NO5. The standard InChI is InChI=1S/C18H17NO5/c20-17(11-14-6-8-16(9-7-14)19(23)24)12-15(18(21)22)10-13-4-2-1-3-5-13/h1-9,15H,10-12H2,(H,21,22). The number of carboxylic acid groups (broad SMARTS) is 1. The molecule has 124 valence electrons. The molecule has 0 bridgehead atoms. The number of carboxylic acids is 1. The van der Waals surface area contributed by atoms with Gasteiger partial charge >= 0.3 is 5.97 Å². The van der Waals surface area contributed by atoms with Crippen LogP contribution in [0.3, 0.4) is 0 Å². The van der Waals surface area contributed by atoms with E-state index in [2.05, 4.69) is 0 Å². The van der Waals surface area contributed by atoms with Gasteiger partial charge in [0.05, 0.1) is 10.8 Å². The van der Waals surface area contributed by atoms with Gasteiger partial charge in [-0.2, -0.15) is 0 Å². The summed E-state index contributed by atoms with van der Waals surface area (Å²) >= 11 is 0. The molecule has 0 aliphatic carbocycles. The molecule has 24 heavy (non-hydrogen) atoms. The van der Waals surface area contributed by atoms with Crippen LogP contribution in [0.4, 0.5) is 5.69 Å². The summed E-state index contributed by atoms with van der Waals surface area (Å²) in [5.74, 6) is -1.99. The van der Waals surface area contributed by atoms with Gasteiger partial charge in [-0.1, -0.05) is 42.5 Å². The van der Waals surface area contributed by atoms with Crippen molar-refractivity contribution in [2.45, 2.75) is 19.3 Å². The van der Waals surface area contributed by atoms with Crippen LogP contribution < -0.4 is 0 Å². The van der Waals surface area contributed by atoms with Crippen molar-refractivity contribution in [3.8, 4) is 0 Å². The number of nitro groups is 1. The van der Waals surface area contributed by atoms with Crippen molar-refractivity contribution in [1.29, 1.82) is 0 Å². The maximum atomic E-state index is 12.1. The van der Waals surface area contributed by atoms with Gasteiger partial charge in [0.25, 0.3) is 5.69 Å². The summed E-state index contributed by atoms with van der Waals surface area (Å²) in [4.78, 5) is 33.6. The van der Waals surface area contributed by atoms with E-state index in [9.17, 15) is 24.8 Å². The first-order valence-electron chi connectivity index (χ1n) is 7.47. The predicted molar refractivity (Wildman–Crippen MR) is 87.7 cm³/mol. The summed E-state index contributed by atoms with van der Waals surface area (Å²) in [6.07, 6.45) is 0.292. The molecule has 0 saturated heterocycles. The van der Waals surface area contributed by atoms with Gasteiger partial charge in [0.2, 0.25) is 0 Å². The van der Waals surface area contributed by atoms with E-state index in [0.717, 1.165) is 5.56 Å². The molecule has 0 spiro atoms. The molecule has 0 saturated carbocycles. The van der Waals surface area contributed by atoms with E-state index < -0.39 is 16.8 Å². The monoisotopic (exact) mass is 327 g/mol. The van der Waals surface area contributed by atoms with Crippen LogP contribution in [0.1, 0.15) is 17.5 Å².